The average molecular weight is 554 g/mol. The molecule has 40 heavy (non-hydrogen) atoms. The molecule has 222 valence electrons. The normalized spacial score (nSPS) is 34.9. The van der Waals surface area contributed by atoms with Crippen molar-refractivity contribution in [2.75, 3.05) is 26.8 Å². The highest BCUT2D eigenvalue weighted by molar-refractivity contribution is 5.74. The molecule has 0 aromatic rings. The van der Waals surface area contributed by atoms with E-state index in [1.54, 1.807) is 0 Å². The fraction of sp³-hybridized carbons (Fsp3) is 0.618. The Morgan fingerprint density at radius 1 is 1.23 bits per heavy atom. The highest BCUT2D eigenvalue weighted by atomic mass is 16.3. The first kappa shape index (κ1) is 32.4. The van der Waals surface area contributed by atoms with Crippen LogP contribution in [0, 0.1) is 29.1 Å². The van der Waals surface area contributed by atoms with Gasteiger partial charge in [0.05, 0.1) is 18.3 Å². The van der Waals surface area contributed by atoms with Crippen LogP contribution in [0.4, 0.5) is 0 Å². The summed E-state index contributed by atoms with van der Waals surface area (Å²) in [4.78, 5) is 12.1. The number of carbonyl (C=O) groups is 1. The molecule has 0 saturated heterocycles. The summed E-state index contributed by atoms with van der Waals surface area (Å²) >= 11 is 0. The molecule has 0 aromatic heterocycles. The Morgan fingerprint density at radius 2 is 1.98 bits per heavy atom. The van der Waals surface area contributed by atoms with Crippen molar-refractivity contribution in [3.8, 4) is 0 Å². The van der Waals surface area contributed by atoms with Crippen LogP contribution >= 0.6 is 0 Å². The van der Waals surface area contributed by atoms with Crippen LogP contribution in [0.2, 0.25) is 0 Å². The molecule has 0 radical (unpaired) electrons. The number of rotatable bonds is 13. The van der Waals surface area contributed by atoms with Gasteiger partial charge >= 0.3 is 0 Å². The molecule has 6 heteroatoms. The molecule has 0 heterocycles. The molecule has 3 rings (SSSR count). The predicted octanol–water partition coefficient (Wildman–Crippen LogP) is 4.58. The largest absolute Gasteiger partial charge is 0.396 e. The minimum Gasteiger partial charge on any atom is -0.396 e. The Morgan fingerprint density at radius 3 is 2.60 bits per heavy atom. The van der Waals surface area contributed by atoms with Crippen molar-refractivity contribution in [2.45, 2.75) is 77.4 Å². The molecule has 3 aliphatic rings. The second-order valence-corrected chi connectivity index (χ2v) is 12.4. The van der Waals surface area contributed by atoms with E-state index in [2.05, 4.69) is 44.0 Å². The van der Waals surface area contributed by atoms with E-state index in [4.69, 9.17) is 0 Å². The summed E-state index contributed by atoms with van der Waals surface area (Å²) in [6, 6.07) is 0. The number of allylic oxidation sites excluding steroid dienone is 10. The molecule has 2 saturated carbocycles. The summed E-state index contributed by atoms with van der Waals surface area (Å²) in [6.45, 7) is 10.5. The lowest BCUT2D eigenvalue weighted by molar-refractivity contribution is -0.194. The molecule has 6 nitrogen and oxygen atoms in total. The van der Waals surface area contributed by atoms with Crippen LogP contribution in [0.3, 0.4) is 0 Å². The number of aliphatic hydroxyl groups excluding tert-OH is 3. The standard InChI is InChI=1S/C34H51NO5/c1-23(2)8-6-9-24(3)10-7-11-28(22-38)29-14-16-34(32(29)39)31-26(15-19-36)12-13-27(30(31)25(4)21-37)20-33(34,40)17-18-35-5/h7-8,10-13,21,26-27,29,31-32,35-36,38-40H,3,6,9,14-20,22H2,1-2,4-5H3. The van der Waals surface area contributed by atoms with Gasteiger partial charge in [0.25, 0.3) is 0 Å². The zero-order valence-electron chi connectivity index (χ0n) is 24.9. The topological polar surface area (TPSA) is 110 Å². The van der Waals surface area contributed by atoms with Gasteiger partial charge in [-0.25, -0.2) is 0 Å². The van der Waals surface area contributed by atoms with Crippen molar-refractivity contribution in [3.63, 3.8) is 0 Å². The molecule has 0 aliphatic heterocycles. The van der Waals surface area contributed by atoms with Crippen molar-refractivity contribution >= 4 is 6.29 Å². The summed E-state index contributed by atoms with van der Waals surface area (Å²) < 4.78 is 0. The van der Waals surface area contributed by atoms with Crippen LogP contribution in [-0.2, 0) is 4.79 Å². The van der Waals surface area contributed by atoms with Crippen LogP contribution in [0.5, 0.6) is 0 Å². The summed E-state index contributed by atoms with van der Waals surface area (Å²) in [5.74, 6) is -0.797. The zero-order valence-corrected chi connectivity index (χ0v) is 24.9. The fourth-order valence-corrected chi connectivity index (χ4v) is 7.84. The molecule has 2 bridgehead atoms. The van der Waals surface area contributed by atoms with Gasteiger partial charge in [-0.2, -0.15) is 0 Å². The quantitative estimate of drug-likeness (QED) is 0.0989. The molecule has 0 amide bonds. The molecule has 7 unspecified atom stereocenters. The number of aliphatic hydroxyl groups is 4. The number of nitrogens with one attached hydrogen (secondary N) is 1. The van der Waals surface area contributed by atoms with Crippen molar-refractivity contribution in [3.05, 3.63) is 70.9 Å². The SMILES string of the molecule is C=C(C=CC=C(CO)C1CCC2(C1O)C1C(=C(C)C=O)C(C=CC1CCO)CC2(O)CCNC)CCC=C(C)C. The first-order chi connectivity index (χ1) is 19.1. The van der Waals surface area contributed by atoms with E-state index < -0.39 is 17.1 Å². The summed E-state index contributed by atoms with van der Waals surface area (Å²) in [5.41, 5.74) is 2.56. The highest BCUT2D eigenvalue weighted by Crippen LogP contribution is 2.67. The van der Waals surface area contributed by atoms with Crippen LogP contribution in [0.25, 0.3) is 0 Å². The average Bonchev–Trinajstić information content (AvgIpc) is 3.27. The highest BCUT2D eigenvalue weighted by Gasteiger charge is 2.68. The van der Waals surface area contributed by atoms with E-state index in [1.165, 1.54) is 5.57 Å². The summed E-state index contributed by atoms with van der Waals surface area (Å²) in [6.07, 6.45) is 16.5. The zero-order chi connectivity index (χ0) is 29.5. The van der Waals surface area contributed by atoms with Crippen molar-refractivity contribution in [2.24, 2.45) is 29.1 Å². The second-order valence-electron chi connectivity index (χ2n) is 12.4. The number of fused-ring (bicyclic) bond motifs is 3. The van der Waals surface area contributed by atoms with Gasteiger partial charge in [-0.05, 0) is 102 Å². The molecule has 5 N–H and O–H groups in total. The van der Waals surface area contributed by atoms with Crippen LogP contribution in [-0.4, -0.2) is 65.2 Å². The number of aldehydes is 1. The monoisotopic (exact) mass is 553 g/mol. The molecule has 3 aliphatic carbocycles. The van der Waals surface area contributed by atoms with E-state index in [1.807, 2.05) is 32.2 Å². The van der Waals surface area contributed by atoms with Crippen molar-refractivity contribution in [1.82, 2.24) is 5.32 Å². The van der Waals surface area contributed by atoms with E-state index in [9.17, 15) is 25.2 Å². The first-order valence-corrected chi connectivity index (χ1v) is 14.9. The van der Waals surface area contributed by atoms with Gasteiger partial charge in [-0.3, -0.25) is 4.79 Å². The van der Waals surface area contributed by atoms with E-state index in [-0.39, 0.29) is 36.9 Å². The van der Waals surface area contributed by atoms with Crippen LogP contribution in [0.1, 0.15) is 65.7 Å². The lowest BCUT2D eigenvalue weighted by atomic mass is 9.45. The molecule has 0 aromatic carbocycles. The Kier molecular flexibility index (Phi) is 11.5. The third-order valence-electron chi connectivity index (χ3n) is 9.71. The van der Waals surface area contributed by atoms with E-state index in [0.29, 0.717) is 44.2 Å². The van der Waals surface area contributed by atoms with Gasteiger partial charge in [0.2, 0.25) is 0 Å². The Balaban J connectivity index is 2.03. The molecule has 2 fully saturated rings. The van der Waals surface area contributed by atoms with Gasteiger partial charge in [-0.15, -0.1) is 0 Å². The minimum absolute atomic E-state index is 0.0156. The number of carbonyl (C=O) groups excluding carboxylic acids is 1. The summed E-state index contributed by atoms with van der Waals surface area (Å²) in [5, 5.41) is 48.3. The first-order valence-electron chi connectivity index (χ1n) is 14.9. The van der Waals surface area contributed by atoms with Gasteiger partial charge in [0.1, 0.15) is 6.29 Å². The number of hydrogen-bond acceptors (Lipinski definition) is 6. The van der Waals surface area contributed by atoms with Crippen LogP contribution < -0.4 is 5.32 Å². The van der Waals surface area contributed by atoms with Gasteiger partial charge in [0.15, 0.2) is 0 Å². The second kappa shape index (κ2) is 14.2. The smallest absolute Gasteiger partial charge is 0.145 e. The minimum atomic E-state index is -1.18. The Bertz CT molecular complexity index is 1060. The number of hydrogen-bond donors (Lipinski definition) is 5. The van der Waals surface area contributed by atoms with E-state index in [0.717, 1.165) is 35.8 Å². The maximum Gasteiger partial charge on any atom is 0.145 e. The van der Waals surface area contributed by atoms with Crippen molar-refractivity contribution in [1.29, 1.82) is 0 Å². The third kappa shape index (κ3) is 6.37. The molecule has 7 atom stereocenters. The molecular formula is C34H51NO5. The van der Waals surface area contributed by atoms with Gasteiger partial charge in [0, 0.05) is 23.9 Å². The Labute approximate surface area is 241 Å². The third-order valence-corrected chi connectivity index (χ3v) is 9.71. The van der Waals surface area contributed by atoms with E-state index >= 15 is 0 Å². The fourth-order valence-electron chi connectivity index (χ4n) is 7.84. The Hall–Kier alpha value is -2.09. The maximum absolute atomic E-state index is 12.5. The lowest BCUT2D eigenvalue weighted by Gasteiger charge is -2.61. The molecule has 1 spiro atoms. The maximum atomic E-state index is 12.5. The summed E-state index contributed by atoms with van der Waals surface area (Å²) in [7, 11) is 1.86. The lowest BCUT2D eigenvalue weighted by Crippen LogP contribution is -2.65. The predicted molar refractivity (Wildman–Crippen MR) is 161 cm³/mol. The van der Waals surface area contributed by atoms with Crippen molar-refractivity contribution < 1.29 is 25.2 Å². The van der Waals surface area contributed by atoms with Gasteiger partial charge in [-0.1, -0.05) is 59.8 Å². The molecular weight excluding hydrogens is 502 g/mol. The van der Waals surface area contributed by atoms with Crippen LogP contribution in [0.15, 0.2) is 70.9 Å². The van der Waals surface area contributed by atoms with Gasteiger partial charge < -0.3 is 25.7 Å².